The fraction of sp³-hybridized carbons (Fsp3) is 0.588. The van der Waals surface area contributed by atoms with Gasteiger partial charge in [-0.1, -0.05) is 12.1 Å². The number of nitrogens with zero attached hydrogens (tertiary/aromatic N) is 1. The highest BCUT2D eigenvalue weighted by Gasteiger charge is 2.34. The summed E-state index contributed by atoms with van der Waals surface area (Å²) in [6, 6.07) is 6.03. The maximum Gasteiger partial charge on any atom is 0.318 e. The van der Waals surface area contributed by atoms with Crippen LogP contribution < -0.4 is 5.32 Å². The molecule has 0 aliphatic heterocycles. The molecule has 1 aliphatic rings. The SMILES string of the molecule is CC(O)CN(C(=O)NC(c1ccc(F)cc1)C1CC1)C(C)C. The minimum absolute atomic E-state index is 0.00247. The Bertz CT molecular complexity index is 498. The van der Waals surface area contributed by atoms with E-state index in [9.17, 15) is 14.3 Å². The third-order valence-electron chi connectivity index (χ3n) is 3.95. The van der Waals surface area contributed by atoms with E-state index in [4.69, 9.17) is 0 Å². The lowest BCUT2D eigenvalue weighted by Crippen LogP contribution is -2.48. The molecule has 1 fully saturated rings. The number of hydrogen-bond acceptors (Lipinski definition) is 2. The Hall–Kier alpha value is -1.62. The van der Waals surface area contributed by atoms with Gasteiger partial charge >= 0.3 is 6.03 Å². The first kappa shape index (κ1) is 16.7. The summed E-state index contributed by atoms with van der Waals surface area (Å²) in [6.07, 6.45) is 1.57. The highest BCUT2D eigenvalue weighted by molar-refractivity contribution is 5.75. The summed E-state index contributed by atoms with van der Waals surface area (Å²) in [4.78, 5) is 14.2. The number of carbonyl (C=O) groups is 1. The number of carbonyl (C=O) groups excluding carboxylic acids is 1. The molecule has 22 heavy (non-hydrogen) atoms. The molecule has 1 aromatic carbocycles. The number of halogens is 1. The van der Waals surface area contributed by atoms with Crippen molar-refractivity contribution in [3.05, 3.63) is 35.6 Å². The van der Waals surface area contributed by atoms with Crippen LogP contribution in [-0.4, -0.2) is 34.7 Å². The number of aliphatic hydroxyl groups is 1. The van der Waals surface area contributed by atoms with Gasteiger partial charge in [0.15, 0.2) is 0 Å². The molecule has 2 atom stereocenters. The summed E-state index contributed by atoms with van der Waals surface area (Å²) in [5.41, 5.74) is 0.929. The van der Waals surface area contributed by atoms with E-state index in [2.05, 4.69) is 5.32 Å². The molecule has 0 aromatic heterocycles. The van der Waals surface area contributed by atoms with Crippen molar-refractivity contribution in [1.82, 2.24) is 10.2 Å². The topological polar surface area (TPSA) is 52.6 Å². The van der Waals surface area contributed by atoms with Crippen LogP contribution in [0.4, 0.5) is 9.18 Å². The third-order valence-corrected chi connectivity index (χ3v) is 3.95. The van der Waals surface area contributed by atoms with Crippen LogP contribution in [0.5, 0.6) is 0 Å². The summed E-state index contributed by atoms with van der Waals surface area (Å²) in [5, 5.41) is 12.6. The number of urea groups is 1. The van der Waals surface area contributed by atoms with Crippen LogP contribution in [0.2, 0.25) is 0 Å². The molecule has 2 amide bonds. The van der Waals surface area contributed by atoms with Crippen LogP contribution in [0.15, 0.2) is 24.3 Å². The van der Waals surface area contributed by atoms with Gasteiger partial charge in [0, 0.05) is 12.6 Å². The van der Waals surface area contributed by atoms with Gasteiger partial charge in [0.25, 0.3) is 0 Å². The van der Waals surface area contributed by atoms with Gasteiger partial charge in [-0.2, -0.15) is 0 Å². The lowest BCUT2D eigenvalue weighted by Gasteiger charge is -2.30. The zero-order chi connectivity index (χ0) is 16.3. The molecule has 2 unspecified atom stereocenters. The number of rotatable bonds is 6. The number of hydrogen-bond donors (Lipinski definition) is 2. The smallest absolute Gasteiger partial charge is 0.318 e. The predicted molar refractivity (Wildman–Crippen MR) is 83.9 cm³/mol. The molecule has 0 saturated heterocycles. The van der Waals surface area contributed by atoms with Crippen molar-refractivity contribution in [1.29, 1.82) is 0 Å². The summed E-state index contributed by atoms with van der Waals surface area (Å²) in [7, 11) is 0. The fourth-order valence-electron chi connectivity index (χ4n) is 2.60. The van der Waals surface area contributed by atoms with Crippen molar-refractivity contribution in [3.8, 4) is 0 Å². The van der Waals surface area contributed by atoms with Gasteiger partial charge in [0.1, 0.15) is 5.82 Å². The average Bonchev–Trinajstić information content (AvgIpc) is 3.27. The predicted octanol–water partition coefficient (Wildman–Crippen LogP) is 3.08. The highest BCUT2D eigenvalue weighted by Crippen LogP contribution is 2.41. The molecule has 1 saturated carbocycles. The third kappa shape index (κ3) is 4.44. The van der Waals surface area contributed by atoms with Crippen molar-refractivity contribution in [2.24, 2.45) is 5.92 Å². The second-order valence-corrected chi connectivity index (χ2v) is 6.41. The number of amides is 2. The van der Waals surface area contributed by atoms with Crippen LogP contribution in [0.3, 0.4) is 0 Å². The maximum absolute atomic E-state index is 13.1. The average molecular weight is 308 g/mol. The van der Waals surface area contributed by atoms with Crippen LogP contribution in [0.1, 0.15) is 45.2 Å². The minimum Gasteiger partial charge on any atom is -0.392 e. The van der Waals surface area contributed by atoms with E-state index < -0.39 is 6.10 Å². The standard InChI is InChI=1S/C17H25FN2O2/c1-11(2)20(10-12(3)21)17(22)19-16(13-4-5-13)14-6-8-15(18)9-7-14/h6-9,11-13,16,21H,4-5,10H2,1-3H3,(H,19,22). The van der Waals surface area contributed by atoms with Crippen LogP contribution >= 0.6 is 0 Å². The van der Waals surface area contributed by atoms with E-state index in [1.54, 1.807) is 24.0 Å². The van der Waals surface area contributed by atoms with Gasteiger partial charge in [-0.05, 0) is 57.2 Å². The Balaban J connectivity index is 2.09. The van der Waals surface area contributed by atoms with E-state index in [-0.39, 0.29) is 23.9 Å². The first-order chi connectivity index (χ1) is 10.4. The van der Waals surface area contributed by atoms with Crippen molar-refractivity contribution in [3.63, 3.8) is 0 Å². The first-order valence-electron chi connectivity index (χ1n) is 7.89. The summed E-state index contributed by atoms with van der Waals surface area (Å²) < 4.78 is 13.1. The van der Waals surface area contributed by atoms with Gasteiger partial charge in [-0.25, -0.2) is 9.18 Å². The van der Waals surface area contributed by atoms with Gasteiger partial charge in [-0.15, -0.1) is 0 Å². The van der Waals surface area contributed by atoms with Crippen LogP contribution in [0, 0.1) is 11.7 Å². The van der Waals surface area contributed by atoms with E-state index in [0.29, 0.717) is 12.5 Å². The quantitative estimate of drug-likeness (QED) is 0.848. The molecule has 4 nitrogen and oxygen atoms in total. The monoisotopic (exact) mass is 308 g/mol. The minimum atomic E-state index is -0.571. The van der Waals surface area contributed by atoms with Crippen molar-refractivity contribution < 1.29 is 14.3 Å². The fourth-order valence-corrected chi connectivity index (χ4v) is 2.60. The Morgan fingerprint density at radius 3 is 2.36 bits per heavy atom. The zero-order valence-corrected chi connectivity index (χ0v) is 13.4. The molecular weight excluding hydrogens is 283 g/mol. The molecule has 2 N–H and O–H groups in total. The zero-order valence-electron chi connectivity index (χ0n) is 13.4. The van der Waals surface area contributed by atoms with E-state index in [0.717, 1.165) is 18.4 Å². The van der Waals surface area contributed by atoms with Crippen molar-refractivity contribution in [2.45, 2.75) is 51.8 Å². The lowest BCUT2D eigenvalue weighted by molar-refractivity contribution is 0.117. The molecule has 5 heteroatoms. The molecule has 1 aliphatic carbocycles. The van der Waals surface area contributed by atoms with E-state index >= 15 is 0 Å². The second-order valence-electron chi connectivity index (χ2n) is 6.41. The number of benzene rings is 1. The lowest BCUT2D eigenvalue weighted by atomic mass is 10.0. The molecule has 0 radical (unpaired) electrons. The second kappa shape index (κ2) is 7.09. The van der Waals surface area contributed by atoms with E-state index in [1.165, 1.54) is 12.1 Å². The van der Waals surface area contributed by atoms with Gasteiger partial charge in [-0.3, -0.25) is 0 Å². The Kier molecular flexibility index (Phi) is 5.40. The molecule has 1 aromatic rings. The Morgan fingerprint density at radius 1 is 1.32 bits per heavy atom. The maximum atomic E-state index is 13.1. The molecule has 0 bridgehead atoms. The van der Waals surface area contributed by atoms with Crippen molar-refractivity contribution in [2.75, 3.05) is 6.54 Å². The Morgan fingerprint density at radius 2 is 1.91 bits per heavy atom. The first-order valence-corrected chi connectivity index (χ1v) is 7.89. The molecule has 2 rings (SSSR count). The highest BCUT2D eigenvalue weighted by atomic mass is 19.1. The molecular formula is C17H25FN2O2. The number of nitrogens with one attached hydrogen (secondary N) is 1. The molecule has 0 heterocycles. The van der Waals surface area contributed by atoms with Crippen molar-refractivity contribution >= 4 is 6.03 Å². The summed E-state index contributed by atoms with van der Waals surface area (Å²) in [5.74, 6) is 0.137. The number of aliphatic hydroxyl groups excluding tert-OH is 1. The van der Waals surface area contributed by atoms with E-state index in [1.807, 2.05) is 13.8 Å². The van der Waals surface area contributed by atoms with Crippen LogP contribution in [0.25, 0.3) is 0 Å². The largest absolute Gasteiger partial charge is 0.392 e. The summed E-state index contributed by atoms with van der Waals surface area (Å²) in [6.45, 7) is 5.81. The van der Waals surface area contributed by atoms with Gasteiger partial charge in [0.2, 0.25) is 0 Å². The Labute approximate surface area is 131 Å². The van der Waals surface area contributed by atoms with Crippen LogP contribution in [-0.2, 0) is 0 Å². The molecule has 0 spiro atoms. The van der Waals surface area contributed by atoms with Gasteiger partial charge < -0.3 is 15.3 Å². The molecule has 122 valence electrons. The normalized spacial score (nSPS) is 17.2. The van der Waals surface area contributed by atoms with Gasteiger partial charge in [0.05, 0.1) is 12.1 Å². The summed E-state index contributed by atoms with van der Waals surface area (Å²) >= 11 is 0.